The molecule has 1 aromatic carbocycles. The summed E-state index contributed by atoms with van der Waals surface area (Å²) in [6.45, 7) is 1.88. The van der Waals surface area contributed by atoms with Gasteiger partial charge in [-0.15, -0.1) is 0 Å². The summed E-state index contributed by atoms with van der Waals surface area (Å²) >= 11 is 0. The van der Waals surface area contributed by atoms with Crippen LogP contribution < -0.4 is 11.3 Å². The van der Waals surface area contributed by atoms with Crippen LogP contribution in [0.3, 0.4) is 0 Å². The lowest BCUT2D eigenvalue weighted by Gasteiger charge is -2.09. The van der Waals surface area contributed by atoms with E-state index in [4.69, 9.17) is 5.73 Å². The number of aromatic carboxylic acids is 1. The summed E-state index contributed by atoms with van der Waals surface area (Å²) in [6.07, 6.45) is 1.61. The lowest BCUT2D eigenvalue weighted by atomic mass is 9.99. The number of aromatic amines is 1. The average Bonchev–Trinajstić information content (AvgIpc) is 2.88. The fourth-order valence-electron chi connectivity index (χ4n) is 2.69. The van der Waals surface area contributed by atoms with E-state index < -0.39 is 11.5 Å². The number of carboxylic acids is 1. The number of nitrogens with two attached hydrogens (primary N) is 1. The molecule has 3 aromatic rings. The topological polar surface area (TPSA) is 114 Å². The van der Waals surface area contributed by atoms with Crippen molar-refractivity contribution in [3.05, 3.63) is 58.1 Å². The van der Waals surface area contributed by atoms with Gasteiger partial charge in [0, 0.05) is 24.5 Å². The summed E-state index contributed by atoms with van der Waals surface area (Å²) in [5.74, 6) is -0.847. The SMILES string of the molecule is Cc1[nH]nc(N)c1-c1cccc(-c2cc(C(=O)O)c(=O)n(C)c2)c1. The smallest absolute Gasteiger partial charge is 0.341 e. The maximum atomic E-state index is 11.9. The first kappa shape index (κ1) is 15.5. The van der Waals surface area contributed by atoms with Crippen LogP contribution in [0.1, 0.15) is 16.1 Å². The Hall–Kier alpha value is -3.35. The lowest BCUT2D eigenvalue weighted by Crippen LogP contribution is -2.23. The predicted octanol–water partition coefficient (Wildman–Crippen LogP) is 2.03. The van der Waals surface area contributed by atoms with Gasteiger partial charge in [-0.05, 0) is 35.7 Å². The van der Waals surface area contributed by atoms with Crippen molar-refractivity contribution in [3.63, 3.8) is 0 Å². The van der Waals surface area contributed by atoms with Crippen LogP contribution in [0.15, 0.2) is 41.3 Å². The highest BCUT2D eigenvalue weighted by molar-refractivity contribution is 5.89. The second-order valence-electron chi connectivity index (χ2n) is 5.55. The van der Waals surface area contributed by atoms with Crippen molar-refractivity contribution in [2.45, 2.75) is 6.92 Å². The third-order valence-electron chi connectivity index (χ3n) is 3.87. The van der Waals surface area contributed by atoms with Crippen LogP contribution in [0.25, 0.3) is 22.3 Å². The van der Waals surface area contributed by atoms with E-state index in [2.05, 4.69) is 10.2 Å². The highest BCUT2D eigenvalue weighted by atomic mass is 16.4. The minimum atomic E-state index is -1.25. The number of hydrogen-bond donors (Lipinski definition) is 3. The van der Waals surface area contributed by atoms with Crippen molar-refractivity contribution in [2.75, 3.05) is 5.73 Å². The van der Waals surface area contributed by atoms with E-state index >= 15 is 0 Å². The van der Waals surface area contributed by atoms with Crippen molar-refractivity contribution in [1.29, 1.82) is 0 Å². The van der Waals surface area contributed by atoms with Gasteiger partial charge in [0.1, 0.15) is 5.56 Å². The second-order valence-corrected chi connectivity index (χ2v) is 5.55. The average molecular weight is 324 g/mol. The molecule has 0 aliphatic heterocycles. The van der Waals surface area contributed by atoms with Gasteiger partial charge in [0.05, 0.1) is 0 Å². The molecule has 7 nitrogen and oxygen atoms in total. The minimum absolute atomic E-state index is 0.264. The van der Waals surface area contributed by atoms with Gasteiger partial charge in [0.2, 0.25) is 0 Å². The van der Waals surface area contributed by atoms with Gasteiger partial charge < -0.3 is 15.4 Å². The number of hydrogen-bond acceptors (Lipinski definition) is 4. The van der Waals surface area contributed by atoms with Gasteiger partial charge in [-0.25, -0.2) is 4.79 Å². The maximum Gasteiger partial charge on any atom is 0.341 e. The molecule has 0 bridgehead atoms. The first-order valence-electron chi connectivity index (χ1n) is 7.23. The molecule has 0 aliphatic carbocycles. The van der Waals surface area contributed by atoms with E-state index in [1.54, 1.807) is 6.20 Å². The standard InChI is InChI=1S/C17H16N4O3/c1-9-14(15(18)20-19-9)11-5-3-4-10(6-11)12-7-13(17(23)24)16(22)21(2)8-12/h3-8H,1-2H3,(H,23,24)(H3,18,19,20). The molecule has 4 N–H and O–H groups in total. The molecule has 2 heterocycles. The molecule has 0 fully saturated rings. The Morgan fingerprint density at radius 2 is 1.96 bits per heavy atom. The summed E-state index contributed by atoms with van der Waals surface area (Å²) in [5, 5.41) is 16.0. The molecular formula is C17H16N4O3. The molecule has 2 aromatic heterocycles. The monoisotopic (exact) mass is 324 g/mol. The van der Waals surface area contributed by atoms with Crippen LogP contribution in [0.5, 0.6) is 0 Å². The fraction of sp³-hybridized carbons (Fsp3) is 0.118. The number of nitrogens with one attached hydrogen (secondary N) is 1. The van der Waals surface area contributed by atoms with Crippen LogP contribution in [0.4, 0.5) is 5.82 Å². The van der Waals surface area contributed by atoms with E-state index in [9.17, 15) is 14.7 Å². The summed E-state index contributed by atoms with van der Waals surface area (Å²) in [6, 6.07) is 8.87. The molecule has 24 heavy (non-hydrogen) atoms. The molecule has 0 radical (unpaired) electrons. The number of nitrogens with zero attached hydrogens (tertiary/aromatic N) is 2. The molecule has 7 heteroatoms. The molecule has 0 aliphatic rings. The van der Waals surface area contributed by atoms with Crippen LogP contribution in [-0.4, -0.2) is 25.8 Å². The Labute approximate surface area is 137 Å². The summed E-state index contributed by atoms with van der Waals surface area (Å²) < 4.78 is 1.27. The van der Waals surface area contributed by atoms with Gasteiger partial charge in [-0.2, -0.15) is 5.10 Å². The highest BCUT2D eigenvalue weighted by Gasteiger charge is 2.14. The number of pyridine rings is 1. The summed E-state index contributed by atoms with van der Waals surface area (Å²) in [5.41, 5.74) is 9.03. The molecule has 0 saturated carbocycles. The van der Waals surface area contributed by atoms with Gasteiger partial charge >= 0.3 is 5.97 Å². The van der Waals surface area contributed by atoms with E-state index in [0.29, 0.717) is 11.4 Å². The quantitative estimate of drug-likeness (QED) is 0.682. The van der Waals surface area contributed by atoms with E-state index in [1.807, 2.05) is 31.2 Å². The number of rotatable bonds is 3. The number of aromatic nitrogens is 3. The Morgan fingerprint density at radius 1 is 1.25 bits per heavy atom. The Balaban J connectivity index is 2.17. The van der Waals surface area contributed by atoms with Crippen LogP contribution in [0, 0.1) is 6.92 Å². The van der Waals surface area contributed by atoms with Gasteiger partial charge in [0.25, 0.3) is 5.56 Å². The number of carbonyl (C=O) groups is 1. The van der Waals surface area contributed by atoms with Crippen molar-refractivity contribution < 1.29 is 9.90 Å². The summed E-state index contributed by atoms with van der Waals surface area (Å²) in [7, 11) is 1.53. The molecule has 122 valence electrons. The van der Waals surface area contributed by atoms with Crippen molar-refractivity contribution >= 4 is 11.8 Å². The fourth-order valence-corrected chi connectivity index (χ4v) is 2.69. The van der Waals surface area contributed by atoms with Crippen molar-refractivity contribution in [2.24, 2.45) is 7.05 Å². The van der Waals surface area contributed by atoms with E-state index in [-0.39, 0.29) is 5.56 Å². The molecule has 0 atom stereocenters. The molecular weight excluding hydrogens is 308 g/mol. The number of aryl methyl sites for hydroxylation is 2. The second kappa shape index (κ2) is 5.69. The molecule has 0 unspecified atom stereocenters. The zero-order valence-corrected chi connectivity index (χ0v) is 13.2. The zero-order chi connectivity index (χ0) is 17.4. The maximum absolute atomic E-state index is 11.9. The van der Waals surface area contributed by atoms with Crippen LogP contribution in [0.2, 0.25) is 0 Å². The third-order valence-corrected chi connectivity index (χ3v) is 3.87. The first-order chi connectivity index (χ1) is 11.4. The highest BCUT2D eigenvalue weighted by Crippen LogP contribution is 2.30. The van der Waals surface area contributed by atoms with Crippen LogP contribution >= 0.6 is 0 Å². The van der Waals surface area contributed by atoms with Gasteiger partial charge in [0.15, 0.2) is 5.82 Å². The molecule has 0 spiro atoms. The minimum Gasteiger partial charge on any atom is -0.477 e. The Bertz CT molecular complexity index is 982. The number of carboxylic acid groups (broad SMARTS) is 1. The number of nitrogen functional groups attached to an aromatic ring is 1. The Morgan fingerprint density at radius 3 is 2.58 bits per heavy atom. The molecule has 0 saturated heterocycles. The predicted molar refractivity (Wildman–Crippen MR) is 90.8 cm³/mol. The van der Waals surface area contributed by atoms with E-state index in [1.165, 1.54) is 17.7 Å². The van der Waals surface area contributed by atoms with Crippen molar-refractivity contribution in [3.8, 4) is 22.3 Å². The third kappa shape index (κ3) is 2.56. The van der Waals surface area contributed by atoms with E-state index in [0.717, 1.165) is 22.4 Å². The normalized spacial score (nSPS) is 10.8. The van der Waals surface area contributed by atoms with Gasteiger partial charge in [-0.1, -0.05) is 18.2 Å². The summed E-state index contributed by atoms with van der Waals surface area (Å²) in [4.78, 5) is 23.1. The lowest BCUT2D eigenvalue weighted by molar-refractivity contribution is 0.0694. The molecule has 3 rings (SSSR count). The zero-order valence-electron chi connectivity index (χ0n) is 13.2. The molecule has 0 amide bonds. The van der Waals surface area contributed by atoms with Crippen molar-refractivity contribution in [1.82, 2.24) is 14.8 Å². The van der Waals surface area contributed by atoms with Crippen LogP contribution in [-0.2, 0) is 7.05 Å². The number of anilines is 1. The number of benzene rings is 1. The number of H-pyrrole nitrogens is 1. The van der Waals surface area contributed by atoms with Gasteiger partial charge in [-0.3, -0.25) is 9.89 Å². The largest absolute Gasteiger partial charge is 0.477 e. The first-order valence-corrected chi connectivity index (χ1v) is 7.23. The Kier molecular flexibility index (Phi) is 3.69.